The van der Waals surface area contributed by atoms with Gasteiger partial charge in [-0.25, -0.2) is 8.42 Å². The van der Waals surface area contributed by atoms with Crippen molar-refractivity contribution in [2.24, 2.45) is 0 Å². The molecular formula is C16H20ClN5O2S. The van der Waals surface area contributed by atoms with Crippen LogP contribution in [-0.2, 0) is 10.0 Å². The van der Waals surface area contributed by atoms with Gasteiger partial charge in [0.25, 0.3) is 0 Å². The minimum Gasteiger partial charge on any atom is -0.369 e. The molecule has 2 heterocycles. The van der Waals surface area contributed by atoms with Gasteiger partial charge in [0, 0.05) is 37.7 Å². The van der Waals surface area contributed by atoms with Crippen LogP contribution >= 0.6 is 11.6 Å². The Kier molecular flexibility index (Phi) is 5.41. The average Bonchev–Trinajstić information content (AvgIpc) is 2.63. The molecule has 1 saturated heterocycles. The van der Waals surface area contributed by atoms with E-state index in [2.05, 4.69) is 15.5 Å². The van der Waals surface area contributed by atoms with Crippen LogP contribution in [0.1, 0.15) is 6.92 Å². The van der Waals surface area contributed by atoms with Crippen molar-refractivity contribution in [3.8, 4) is 0 Å². The van der Waals surface area contributed by atoms with Crippen molar-refractivity contribution < 1.29 is 8.42 Å². The van der Waals surface area contributed by atoms with Crippen LogP contribution in [0.15, 0.2) is 41.3 Å². The van der Waals surface area contributed by atoms with Gasteiger partial charge in [-0.15, -0.1) is 10.2 Å². The highest BCUT2D eigenvalue weighted by Gasteiger charge is 2.29. The lowest BCUT2D eigenvalue weighted by molar-refractivity contribution is 0.383. The van der Waals surface area contributed by atoms with Crippen molar-refractivity contribution in [3.63, 3.8) is 0 Å². The summed E-state index contributed by atoms with van der Waals surface area (Å²) in [5.74, 6) is 1.48. The molecule has 2 aromatic rings. The molecule has 1 aliphatic heterocycles. The molecule has 1 aromatic heterocycles. The van der Waals surface area contributed by atoms with E-state index < -0.39 is 10.0 Å². The van der Waals surface area contributed by atoms with Crippen LogP contribution in [0.5, 0.6) is 0 Å². The smallest absolute Gasteiger partial charge is 0.243 e. The Bertz CT molecular complexity index is 821. The Morgan fingerprint density at radius 3 is 2.48 bits per heavy atom. The fraction of sp³-hybridized carbons (Fsp3) is 0.375. The molecule has 0 spiro atoms. The summed E-state index contributed by atoms with van der Waals surface area (Å²) in [6.07, 6.45) is 0. The number of anilines is 2. The first-order valence-corrected chi connectivity index (χ1v) is 9.91. The molecule has 0 amide bonds. The Balaban J connectivity index is 1.67. The number of hydrogen-bond acceptors (Lipinski definition) is 6. The fourth-order valence-electron chi connectivity index (χ4n) is 2.70. The molecule has 0 aliphatic carbocycles. The molecule has 1 aliphatic rings. The summed E-state index contributed by atoms with van der Waals surface area (Å²) in [4.78, 5) is 2.26. The van der Waals surface area contributed by atoms with E-state index in [4.69, 9.17) is 11.6 Å². The van der Waals surface area contributed by atoms with Crippen molar-refractivity contribution in [2.75, 3.05) is 42.9 Å². The first-order chi connectivity index (χ1) is 12.0. The molecule has 9 heteroatoms. The maximum absolute atomic E-state index is 12.7. The molecule has 134 valence electrons. The zero-order chi connectivity index (χ0) is 17.9. The number of rotatable bonds is 5. The van der Waals surface area contributed by atoms with E-state index >= 15 is 0 Å². The van der Waals surface area contributed by atoms with Gasteiger partial charge in [-0.2, -0.15) is 4.31 Å². The third-order valence-corrected chi connectivity index (χ3v) is 6.13. The first-order valence-electron chi connectivity index (χ1n) is 8.09. The standard InChI is InChI=1S/C16H20ClN5O2S/c1-2-18-15-6-7-16(20-19-15)21-8-10-22(11-9-21)25(23,24)14-5-3-4-13(17)12-14/h3-7,12H,2,8-11H2,1H3,(H,18,19). The van der Waals surface area contributed by atoms with Crippen LogP contribution in [0.4, 0.5) is 11.6 Å². The predicted octanol–water partition coefficient (Wildman–Crippen LogP) is 2.07. The van der Waals surface area contributed by atoms with Gasteiger partial charge in [0.05, 0.1) is 4.90 Å². The number of hydrogen-bond donors (Lipinski definition) is 1. The van der Waals surface area contributed by atoms with Gasteiger partial charge >= 0.3 is 0 Å². The molecule has 0 radical (unpaired) electrons. The highest BCUT2D eigenvalue weighted by Crippen LogP contribution is 2.22. The maximum Gasteiger partial charge on any atom is 0.243 e. The summed E-state index contributed by atoms with van der Waals surface area (Å²) in [6.45, 7) is 4.70. The average molecular weight is 382 g/mol. The topological polar surface area (TPSA) is 78.4 Å². The van der Waals surface area contributed by atoms with E-state index in [1.165, 1.54) is 10.4 Å². The van der Waals surface area contributed by atoms with E-state index in [0.717, 1.165) is 18.2 Å². The van der Waals surface area contributed by atoms with E-state index in [1.54, 1.807) is 18.2 Å². The zero-order valence-corrected chi connectivity index (χ0v) is 15.5. The number of piperazine rings is 1. The van der Waals surface area contributed by atoms with Gasteiger partial charge in [-0.1, -0.05) is 17.7 Å². The third kappa shape index (κ3) is 4.02. The minimum absolute atomic E-state index is 0.225. The summed E-state index contributed by atoms with van der Waals surface area (Å²) in [5.41, 5.74) is 0. The Hall–Kier alpha value is -1.90. The van der Waals surface area contributed by atoms with Crippen LogP contribution in [-0.4, -0.2) is 55.6 Å². The number of halogens is 1. The molecule has 0 unspecified atom stereocenters. The van der Waals surface area contributed by atoms with Gasteiger partial charge in [-0.05, 0) is 37.3 Å². The molecule has 7 nitrogen and oxygen atoms in total. The molecule has 1 fully saturated rings. The first kappa shape index (κ1) is 17.9. The highest BCUT2D eigenvalue weighted by atomic mass is 35.5. The van der Waals surface area contributed by atoms with Crippen molar-refractivity contribution >= 4 is 33.3 Å². The minimum atomic E-state index is -3.53. The predicted molar refractivity (Wildman–Crippen MR) is 98.6 cm³/mol. The van der Waals surface area contributed by atoms with Gasteiger partial charge in [-0.3, -0.25) is 0 Å². The maximum atomic E-state index is 12.7. The Morgan fingerprint density at radius 1 is 1.12 bits per heavy atom. The van der Waals surface area contributed by atoms with Crippen LogP contribution in [0, 0.1) is 0 Å². The summed E-state index contributed by atoms with van der Waals surface area (Å²) in [7, 11) is -3.53. The second-order valence-electron chi connectivity index (χ2n) is 5.66. The van der Waals surface area contributed by atoms with Crippen molar-refractivity contribution in [1.29, 1.82) is 0 Å². The Morgan fingerprint density at radius 2 is 1.88 bits per heavy atom. The molecular weight excluding hydrogens is 362 g/mol. The molecule has 25 heavy (non-hydrogen) atoms. The van der Waals surface area contributed by atoms with E-state index in [-0.39, 0.29) is 4.90 Å². The molecule has 3 rings (SSSR count). The van der Waals surface area contributed by atoms with Gasteiger partial charge in [0.2, 0.25) is 10.0 Å². The second kappa shape index (κ2) is 7.55. The lowest BCUT2D eigenvalue weighted by Gasteiger charge is -2.34. The number of nitrogens with zero attached hydrogens (tertiary/aromatic N) is 4. The molecule has 0 saturated carbocycles. The van der Waals surface area contributed by atoms with Gasteiger partial charge in [0.15, 0.2) is 5.82 Å². The van der Waals surface area contributed by atoms with Crippen molar-refractivity contribution in [1.82, 2.24) is 14.5 Å². The second-order valence-corrected chi connectivity index (χ2v) is 8.03. The summed E-state index contributed by atoms with van der Waals surface area (Å²) >= 11 is 5.92. The summed E-state index contributed by atoms with van der Waals surface area (Å²) in [6, 6.07) is 10.1. The lowest BCUT2D eigenvalue weighted by atomic mass is 10.3. The highest BCUT2D eigenvalue weighted by molar-refractivity contribution is 7.89. The normalized spacial score (nSPS) is 16.0. The molecule has 1 N–H and O–H groups in total. The van der Waals surface area contributed by atoms with Gasteiger partial charge < -0.3 is 10.2 Å². The number of aromatic nitrogens is 2. The number of benzene rings is 1. The van der Waals surface area contributed by atoms with E-state index in [1.807, 2.05) is 24.0 Å². The largest absolute Gasteiger partial charge is 0.369 e. The number of sulfonamides is 1. The molecule has 0 bridgehead atoms. The van der Waals surface area contributed by atoms with E-state index in [0.29, 0.717) is 31.2 Å². The monoisotopic (exact) mass is 381 g/mol. The fourth-order valence-corrected chi connectivity index (χ4v) is 4.43. The zero-order valence-electron chi connectivity index (χ0n) is 13.9. The molecule has 0 atom stereocenters. The van der Waals surface area contributed by atoms with Crippen LogP contribution in [0.2, 0.25) is 5.02 Å². The summed E-state index contributed by atoms with van der Waals surface area (Å²) in [5, 5.41) is 11.8. The lowest BCUT2D eigenvalue weighted by Crippen LogP contribution is -2.49. The van der Waals surface area contributed by atoms with Gasteiger partial charge in [0.1, 0.15) is 5.82 Å². The van der Waals surface area contributed by atoms with Crippen molar-refractivity contribution in [3.05, 3.63) is 41.4 Å². The van der Waals surface area contributed by atoms with Crippen LogP contribution in [0.3, 0.4) is 0 Å². The van der Waals surface area contributed by atoms with Crippen LogP contribution in [0.25, 0.3) is 0 Å². The third-order valence-electron chi connectivity index (χ3n) is 4.00. The van der Waals surface area contributed by atoms with Crippen LogP contribution < -0.4 is 10.2 Å². The molecule has 1 aromatic carbocycles. The SMILES string of the molecule is CCNc1ccc(N2CCN(S(=O)(=O)c3cccc(Cl)c3)CC2)nn1. The quantitative estimate of drug-likeness (QED) is 0.854. The van der Waals surface area contributed by atoms with E-state index in [9.17, 15) is 8.42 Å². The Labute approximate surface area is 152 Å². The number of nitrogens with one attached hydrogen (secondary N) is 1. The summed E-state index contributed by atoms with van der Waals surface area (Å²) < 4.78 is 26.9. The van der Waals surface area contributed by atoms with Crippen molar-refractivity contribution in [2.45, 2.75) is 11.8 Å².